The largest absolute Gasteiger partial charge is 0.573 e. The summed E-state index contributed by atoms with van der Waals surface area (Å²) in [6.07, 6.45) is -4.76. The lowest BCUT2D eigenvalue weighted by molar-refractivity contribution is -0.274. The lowest BCUT2D eigenvalue weighted by Crippen LogP contribution is -2.44. The third kappa shape index (κ3) is 6.55. The van der Waals surface area contributed by atoms with E-state index in [4.69, 9.17) is 0 Å². The zero-order valence-corrected chi connectivity index (χ0v) is 12.9. The van der Waals surface area contributed by atoms with Crippen LogP contribution in [0.2, 0.25) is 0 Å². The van der Waals surface area contributed by atoms with Crippen molar-refractivity contribution in [2.75, 3.05) is 26.0 Å². The number of halogens is 3. The van der Waals surface area contributed by atoms with Gasteiger partial charge < -0.3 is 15.4 Å². The van der Waals surface area contributed by atoms with E-state index in [1.165, 1.54) is 24.1 Å². The van der Waals surface area contributed by atoms with Crippen molar-refractivity contribution in [3.05, 3.63) is 24.3 Å². The number of carbonyl (C=O) groups excluding carboxylic acids is 2. The molecule has 1 atom stereocenters. The standard InChI is InChI=1S/C14H18F3N3O3/c1-9(13(22)18-2)20(3)8-12(21)19-10-4-6-11(7-5-10)23-14(15,16)17/h4-7,9H,8H2,1-3H3,(H,18,22)(H,19,21)/t9-/m1/s1. The highest BCUT2D eigenvalue weighted by Crippen LogP contribution is 2.23. The predicted molar refractivity (Wildman–Crippen MR) is 77.9 cm³/mol. The molecule has 2 amide bonds. The normalized spacial score (nSPS) is 12.7. The second-order valence-electron chi connectivity index (χ2n) is 4.83. The molecule has 0 aromatic heterocycles. The molecule has 0 radical (unpaired) electrons. The molecular weight excluding hydrogens is 315 g/mol. The zero-order valence-electron chi connectivity index (χ0n) is 12.9. The van der Waals surface area contributed by atoms with Crippen molar-refractivity contribution in [2.45, 2.75) is 19.3 Å². The van der Waals surface area contributed by atoms with Gasteiger partial charge in [0.05, 0.1) is 12.6 Å². The fraction of sp³-hybridized carbons (Fsp3) is 0.429. The number of nitrogens with one attached hydrogen (secondary N) is 2. The van der Waals surface area contributed by atoms with E-state index in [1.807, 2.05) is 0 Å². The van der Waals surface area contributed by atoms with Gasteiger partial charge in [0, 0.05) is 12.7 Å². The smallest absolute Gasteiger partial charge is 0.406 e. The zero-order chi connectivity index (χ0) is 17.6. The van der Waals surface area contributed by atoms with E-state index in [0.717, 1.165) is 12.1 Å². The monoisotopic (exact) mass is 333 g/mol. The van der Waals surface area contributed by atoms with Crippen LogP contribution in [0.25, 0.3) is 0 Å². The summed E-state index contributed by atoms with van der Waals surface area (Å²) in [5, 5.41) is 5.00. The van der Waals surface area contributed by atoms with Gasteiger partial charge in [0.25, 0.3) is 0 Å². The number of carbonyl (C=O) groups is 2. The van der Waals surface area contributed by atoms with Gasteiger partial charge in [-0.1, -0.05) is 0 Å². The van der Waals surface area contributed by atoms with Gasteiger partial charge in [-0.3, -0.25) is 14.5 Å². The van der Waals surface area contributed by atoms with E-state index in [1.54, 1.807) is 14.0 Å². The maximum Gasteiger partial charge on any atom is 0.573 e. The van der Waals surface area contributed by atoms with Crippen LogP contribution in [0.5, 0.6) is 5.75 Å². The second kappa shape index (κ2) is 7.82. The van der Waals surface area contributed by atoms with E-state index >= 15 is 0 Å². The van der Waals surface area contributed by atoms with Crippen molar-refractivity contribution >= 4 is 17.5 Å². The number of likely N-dealkylation sites (N-methyl/N-ethyl adjacent to an activating group) is 2. The molecule has 0 aliphatic rings. The summed E-state index contributed by atoms with van der Waals surface area (Å²) < 4.78 is 39.8. The molecule has 9 heteroatoms. The van der Waals surface area contributed by atoms with Gasteiger partial charge in [0.15, 0.2) is 0 Å². The SMILES string of the molecule is CNC(=O)[C@@H](C)N(C)CC(=O)Nc1ccc(OC(F)(F)F)cc1. The predicted octanol–water partition coefficient (Wildman–Crippen LogP) is 1.59. The molecule has 6 nitrogen and oxygen atoms in total. The number of anilines is 1. The molecule has 1 aromatic carbocycles. The Kier molecular flexibility index (Phi) is 6.38. The molecule has 2 N–H and O–H groups in total. The third-order valence-electron chi connectivity index (χ3n) is 3.05. The maximum atomic E-state index is 12.0. The highest BCUT2D eigenvalue weighted by molar-refractivity contribution is 5.92. The number of nitrogens with zero attached hydrogens (tertiary/aromatic N) is 1. The van der Waals surface area contributed by atoms with Crippen LogP contribution in [-0.2, 0) is 9.59 Å². The first-order chi connectivity index (χ1) is 10.6. The molecule has 0 saturated carbocycles. The topological polar surface area (TPSA) is 70.7 Å². The van der Waals surface area contributed by atoms with E-state index in [2.05, 4.69) is 15.4 Å². The van der Waals surface area contributed by atoms with Crippen molar-refractivity contribution in [3.63, 3.8) is 0 Å². The molecule has 0 saturated heterocycles. The van der Waals surface area contributed by atoms with Crippen LogP contribution in [0.15, 0.2) is 24.3 Å². The summed E-state index contributed by atoms with van der Waals surface area (Å²) in [6, 6.07) is 4.29. The maximum absolute atomic E-state index is 12.0. The van der Waals surface area contributed by atoms with Crippen LogP contribution in [0.1, 0.15) is 6.92 Å². The van der Waals surface area contributed by atoms with E-state index < -0.39 is 18.3 Å². The molecule has 0 heterocycles. The number of hydrogen-bond donors (Lipinski definition) is 2. The summed E-state index contributed by atoms with van der Waals surface area (Å²) in [4.78, 5) is 24.8. The first kappa shape index (κ1) is 18.8. The molecule has 0 fully saturated rings. The Labute approximate surface area is 131 Å². The van der Waals surface area contributed by atoms with Gasteiger partial charge >= 0.3 is 6.36 Å². The number of rotatable bonds is 6. The van der Waals surface area contributed by atoms with Crippen molar-refractivity contribution in [2.24, 2.45) is 0 Å². The van der Waals surface area contributed by atoms with Crippen LogP contribution in [0, 0.1) is 0 Å². The number of hydrogen-bond acceptors (Lipinski definition) is 4. The number of amides is 2. The van der Waals surface area contributed by atoms with Crippen molar-refractivity contribution < 1.29 is 27.5 Å². The first-order valence-electron chi connectivity index (χ1n) is 6.70. The number of benzene rings is 1. The summed E-state index contributed by atoms with van der Waals surface area (Å²) >= 11 is 0. The average molecular weight is 333 g/mol. The van der Waals surface area contributed by atoms with E-state index in [-0.39, 0.29) is 18.2 Å². The third-order valence-corrected chi connectivity index (χ3v) is 3.05. The van der Waals surface area contributed by atoms with Crippen molar-refractivity contribution in [1.82, 2.24) is 10.2 Å². The minimum Gasteiger partial charge on any atom is -0.406 e. The molecule has 0 unspecified atom stereocenters. The summed E-state index contributed by atoms with van der Waals surface area (Å²) in [7, 11) is 3.11. The summed E-state index contributed by atoms with van der Waals surface area (Å²) in [5.74, 6) is -0.998. The Morgan fingerprint density at radius 2 is 1.83 bits per heavy atom. The Morgan fingerprint density at radius 3 is 2.30 bits per heavy atom. The average Bonchev–Trinajstić information content (AvgIpc) is 2.46. The Hall–Kier alpha value is -2.29. The van der Waals surface area contributed by atoms with Gasteiger partial charge in [-0.15, -0.1) is 13.2 Å². The molecule has 0 spiro atoms. The van der Waals surface area contributed by atoms with Crippen LogP contribution in [-0.4, -0.2) is 49.8 Å². The summed E-state index contributed by atoms with van der Waals surface area (Å²) in [5.41, 5.74) is 0.325. The first-order valence-corrected chi connectivity index (χ1v) is 6.70. The molecular formula is C14H18F3N3O3. The minimum absolute atomic E-state index is 0.0462. The molecule has 0 bridgehead atoms. The molecule has 23 heavy (non-hydrogen) atoms. The summed E-state index contributed by atoms with van der Waals surface area (Å²) in [6.45, 7) is 1.60. The van der Waals surface area contributed by atoms with Crippen LogP contribution < -0.4 is 15.4 Å². The van der Waals surface area contributed by atoms with Gasteiger partial charge in [0.1, 0.15) is 5.75 Å². The van der Waals surface area contributed by atoms with E-state index in [9.17, 15) is 22.8 Å². The quantitative estimate of drug-likeness (QED) is 0.829. The molecule has 1 aromatic rings. The van der Waals surface area contributed by atoms with Gasteiger partial charge in [-0.2, -0.15) is 0 Å². The minimum atomic E-state index is -4.76. The lowest BCUT2D eigenvalue weighted by atomic mass is 10.2. The molecule has 128 valence electrons. The van der Waals surface area contributed by atoms with Crippen LogP contribution >= 0.6 is 0 Å². The Morgan fingerprint density at radius 1 is 1.26 bits per heavy atom. The Bertz CT molecular complexity index is 546. The molecule has 0 aliphatic carbocycles. The molecule has 0 aliphatic heterocycles. The molecule has 1 rings (SSSR count). The van der Waals surface area contributed by atoms with Crippen molar-refractivity contribution in [3.8, 4) is 5.75 Å². The Balaban J connectivity index is 2.56. The van der Waals surface area contributed by atoms with Gasteiger partial charge in [-0.05, 0) is 38.2 Å². The second-order valence-corrected chi connectivity index (χ2v) is 4.83. The lowest BCUT2D eigenvalue weighted by Gasteiger charge is -2.22. The number of alkyl halides is 3. The van der Waals surface area contributed by atoms with Gasteiger partial charge in [0.2, 0.25) is 11.8 Å². The number of ether oxygens (including phenoxy) is 1. The van der Waals surface area contributed by atoms with Crippen LogP contribution in [0.4, 0.5) is 18.9 Å². The van der Waals surface area contributed by atoms with Crippen LogP contribution in [0.3, 0.4) is 0 Å². The highest BCUT2D eigenvalue weighted by Gasteiger charge is 2.31. The van der Waals surface area contributed by atoms with Crippen molar-refractivity contribution in [1.29, 1.82) is 0 Å². The fourth-order valence-electron chi connectivity index (χ4n) is 1.71. The highest BCUT2D eigenvalue weighted by atomic mass is 19.4. The van der Waals surface area contributed by atoms with Gasteiger partial charge in [-0.25, -0.2) is 0 Å². The van der Waals surface area contributed by atoms with E-state index in [0.29, 0.717) is 5.69 Å². The fourth-order valence-corrected chi connectivity index (χ4v) is 1.71.